The largest absolute Gasteiger partial charge is 0.496 e. The van der Waals surface area contributed by atoms with E-state index in [0.29, 0.717) is 5.75 Å². The van der Waals surface area contributed by atoms with Gasteiger partial charge in [0.05, 0.1) is 12.7 Å². The molecule has 0 saturated heterocycles. The number of fused-ring (bicyclic) bond motifs is 1. The van der Waals surface area contributed by atoms with E-state index in [1.54, 1.807) is 12.1 Å². The number of rotatable bonds is 1. The third-order valence-electron chi connectivity index (χ3n) is 2.47. The molecule has 0 radical (unpaired) electrons. The van der Waals surface area contributed by atoms with Crippen molar-refractivity contribution in [2.24, 2.45) is 0 Å². The van der Waals surface area contributed by atoms with Gasteiger partial charge in [0.2, 0.25) is 0 Å². The molecule has 2 rings (SSSR count). The van der Waals surface area contributed by atoms with Gasteiger partial charge in [0, 0.05) is 12.0 Å². The van der Waals surface area contributed by atoms with Crippen molar-refractivity contribution in [3.05, 3.63) is 29.3 Å². The highest BCUT2D eigenvalue weighted by molar-refractivity contribution is 6.17. The lowest BCUT2D eigenvalue weighted by Gasteiger charge is -2.19. The second-order valence-corrected chi connectivity index (χ2v) is 3.39. The van der Waals surface area contributed by atoms with Gasteiger partial charge in [-0.2, -0.15) is 0 Å². The van der Waals surface area contributed by atoms with Crippen LogP contribution in [0.25, 0.3) is 0 Å². The van der Waals surface area contributed by atoms with E-state index < -0.39 is 11.9 Å². The highest BCUT2D eigenvalue weighted by Crippen LogP contribution is 2.29. The molecule has 0 fully saturated rings. The van der Waals surface area contributed by atoms with Gasteiger partial charge in [-0.1, -0.05) is 12.1 Å². The van der Waals surface area contributed by atoms with Crippen LogP contribution in [0.1, 0.15) is 27.1 Å². The van der Waals surface area contributed by atoms with Crippen molar-refractivity contribution in [1.29, 1.82) is 0 Å². The predicted octanol–water partition coefficient (Wildman–Crippen LogP) is 0.825. The van der Waals surface area contributed by atoms with E-state index in [2.05, 4.69) is 0 Å². The van der Waals surface area contributed by atoms with Gasteiger partial charge in [0.25, 0.3) is 0 Å². The molecule has 4 heteroatoms. The molecule has 0 heterocycles. The third-order valence-corrected chi connectivity index (χ3v) is 2.47. The Bertz CT molecular complexity index is 436. The zero-order chi connectivity index (χ0) is 11.0. The fraction of sp³-hybridized carbons (Fsp3) is 0.273. The standard InChI is InChI=1S/C11H10O4/c1-15-9-4-2-3-6-10(9)7(12)5-8(13)11(6)14/h2-4,8,13H,5H2,1H3. The Kier molecular flexibility index (Phi) is 2.28. The van der Waals surface area contributed by atoms with Crippen molar-refractivity contribution < 1.29 is 19.4 Å². The van der Waals surface area contributed by atoms with Crippen molar-refractivity contribution in [3.8, 4) is 5.75 Å². The summed E-state index contributed by atoms with van der Waals surface area (Å²) in [7, 11) is 1.44. The Hall–Kier alpha value is -1.68. The molecule has 1 atom stereocenters. The summed E-state index contributed by atoms with van der Waals surface area (Å²) in [6.45, 7) is 0. The molecule has 1 aliphatic carbocycles. The van der Waals surface area contributed by atoms with E-state index in [-0.39, 0.29) is 23.3 Å². The zero-order valence-electron chi connectivity index (χ0n) is 8.19. The topological polar surface area (TPSA) is 63.6 Å². The minimum absolute atomic E-state index is 0.161. The van der Waals surface area contributed by atoms with E-state index in [1.807, 2.05) is 0 Å². The normalized spacial score (nSPS) is 20.0. The monoisotopic (exact) mass is 206 g/mol. The van der Waals surface area contributed by atoms with Crippen LogP contribution in [-0.2, 0) is 0 Å². The number of hydrogen-bond acceptors (Lipinski definition) is 4. The van der Waals surface area contributed by atoms with Crippen molar-refractivity contribution >= 4 is 11.6 Å². The Morgan fingerprint density at radius 2 is 2.13 bits per heavy atom. The molecule has 0 spiro atoms. The van der Waals surface area contributed by atoms with Gasteiger partial charge < -0.3 is 9.84 Å². The molecular weight excluding hydrogens is 196 g/mol. The van der Waals surface area contributed by atoms with Crippen LogP contribution in [-0.4, -0.2) is 29.9 Å². The van der Waals surface area contributed by atoms with Gasteiger partial charge in [0.1, 0.15) is 11.9 Å². The Morgan fingerprint density at radius 1 is 1.40 bits per heavy atom. The van der Waals surface area contributed by atoms with Gasteiger partial charge in [0.15, 0.2) is 11.6 Å². The minimum atomic E-state index is -1.21. The summed E-state index contributed by atoms with van der Waals surface area (Å²) >= 11 is 0. The predicted molar refractivity (Wildman–Crippen MR) is 52.3 cm³/mol. The number of hydrogen-bond donors (Lipinski definition) is 1. The van der Waals surface area contributed by atoms with Crippen LogP contribution in [0.4, 0.5) is 0 Å². The van der Waals surface area contributed by atoms with Crippen LogP contribution in [0.2, 0.25) is 0 Å². The number of aliphatic hydroxyl groups excluding tert-OH is 1. The fourth-order valence-corrected chi connectivity index (χ4v) is 1.74. The van der Waals surface area contributed by atoms with Gasteiger partial charge in [-0.3, -0.25) is 9.59 Å². The summed E-state index contributed by atoms with van der Waals surface area (Å²) in [5.41, 5.74) is 0.536. The van der Waals surface area contributed by atoms with Gasteiger partial charge in [-0.15, -0.1) is 0 Å². The minimum Gasteiger partial charge on any atom is -0.496 e. The lowest BCUT2D eigenvalue weighted by molar-refractivity contribution is 0.0650. The number of aliphatic hydroxyl groups is 1. The second-order valence-electron chi connectivity index (χ2n) is 3.39. The highest BCUT2D eigenvalue weighted by Gasteiger charge is 2.33. The summed E-state index contributed by atoms with van der Waals surface area (Å²) in [6.07, 6.45) is -1.37. The number of methoxy groups -OCH3 is 1. The van der Waals surface area contributed by atoms with Crippen LogP contribution >= 0.6 is 0 Å². The first-order chi connectivity index (χ1) is 7.15. The molecule has 0 bridgehead atoms. The maximum absolute atomic E-state index is 11.6. The molecule has 1 N–H and O–H groups in total. The molecule has 1 unspecified atom stereocenters. The molecule has 0 aliphatic heterocycles. The first kappa shape index (κ1) is 9.86. The number of carbonyl (C=O) groups is 2. The summed E-state index contributed by atoms with van der Waals surface area (Å²) in [6, 6.07) is 4.78. The van der Waals surface area contributed by atoms with Crippen LogP contribution in [0, 0.1) is 0 Å². The van der Waals surface area contributed by atoms with Crippen LogP contribution in [0.5, 0.6) is 5.75 Å². The van der Waals surface area contributed by atoms with Gasteiger partial charge in [-0.25, -0.2) is 0 Å². The number of ketones is 2. The molecule has 4 nitrogen and oxygen atoms in total. The number of benzene rings is 1. The van der Waals surface area contributed by atoms with E-state index in [9.17, 15) is 14.7 Å². The molecule has 1 aromatic carbocycles. The Balaban J connectivity index is 2.65. The first-order valence-electron chi connectivity index (χ1n) is 4.57. The van der Waals surface area contributed by atoms with Gasteiger partial charge in [-0.05, 0) is 6.07 Å². The Labute approximate surface area is 86.5 Å². The molecule has 78 valence electrons. The molecule has 0 saturated carbocycles. The van der Waals surface area contributed by atoms with Crippen molar-refractivity contribution in [3.63, 3.8) is 0 Å². The Morgan fingerprint density at radius 3 is 2.80 bits per heavy atom. The van der Waals surface area contributed by atoms with Crippen molar-refractivity contribution in [2.45, 2.75) is 12.5 Å². The summed E-state index contributed by atoms with van der Waals surface area (Å²) in [4.78, 5) is 23.2. The lowest BCUT2D eigenvalue weighted by atomic mass is 9.87. The van der Waals surface area contributed by atoms with E-state index in [0.717, 1.165) is 0 Å². The van der Waals surface area contributed by atoms with Crippen LogP contribution in [0.15, 0.2) is 18.2 Å². The average Bonchev–Trinajstić information content (AvgIpc) is 2.25. The van der Waals surface area contributed by atoms with E-state index in [1.165, 1.54) is 13.2 Å². The maximum Gasteiger partial charge on any atom is 0.192 e. The molecule has 15 heavy (non-hydrogen) atoms. The number of ether oxygens (including phenoxy) is 1. The second kappa shape index (κ2) is 3.47. The summed E-state index contributed by atoms with van der Waals surface area (Å²) < 4.78 is 5.01. The smallest absolute Gasteiger partial charge is 0.192 e. The van der Waals surface area contributed by atoms with Crippen molar-refractivity contribution in [1.82, 2.24) is 0 Å². The quantitative estimate of drug-likeness (QED) is 0.739. The van der Waals surface area contributed by atoms with E-state index in [4.69, 9.17) is 4.74 Å². The summed E-state index contributed by atoms with van der Waals surface area (Å²) in [5.74, 6) is -0.282. The fourth-order valence-electron chi connectivity index (χ4n) is 1.74. The third kappa shape index (κ3) is 1.43. The molecule has 1 aromatic rings. The average molecular weight is 206 g/mol. The lowest BCUT2D eigenvalue weighted by Crippen LogP contribution is -2.31. The van der Waals surface area contributed by atoms with Gasteiger partial charge >= 0.3 is 0 Å². The molecule has 1 aliphatic rings. The van der Waals surface area contributed by atoms with E-state index >= 15 is 0 Å². The molecule has 0 aromatic heterocycles. The molecule has 0 amide bonds. The number of carbonyl (C=O) groups excluding carboxylic acids is 2. The maximum atomic E-state index is 11.6. The zero-order valence-corrected chi connectivity index (χ0v) is 8.19. The van der Waals surface area contributed by atoms with Crippen LogP contribution in [0.3, 0.4) is 0 Å². The SMILES string of the molecule is COc1cccc2c1C(=O)CC(O)C2=O. The van der Waals surface area contributed by atoms with Crippen LogP contribution < -0.4 is 4.74 Å². The van der Waals surface area contributed by atoms with Crippen molar-refractivity contribution in [2.75, 3.05) is 7.11 Å². The summed E-state index contributed by atoms with van der Waals surface area (Å²) in [5, 5.41) is 9.35. The number of Topliss-reactive ketones (excluding diaryl/α,β-unsaturated/α-hetero) is 2. The highest BCUT2D eigenvalue weighted by atomic mass is 16.5. The molecular formula is C11H10O4. The first-order valence-corrected chi connectivity index (χ1v) is 4.57.